The third kappa shape index (κ3) is 8.46. The standard InChI is InChI=1S/C32H27ClN4O6S/c1-20(30(38)35-26-19-23(33)12-17-29(26)43-2)44-25-15-13-24(14-16-25)34-32(40)27(36-31(39)21-8-4-3-5-9-21)18-22-10-6-7-11-28(22)37(41)42/h3-20H,1-2H3,(H,34,40)(H,35,38)(H,36,39)/b27-18-. The van der Waals surface area contributed by atoms with E-state index in [1.807, 2.05) is 0 Å². The van der Waals surface area contributed by atoms with Gasteiger partial charge < -0.3 is 20.7 Å². The minimum Gasteiger partial charge on any atom is -0.495 e. The first kappa shape index (κ1) is 31.8. The zero-order valence-electron chi connectivity index (χ0n) is 23.6. The summed E-state index contributed by atoms with van der Waals surface area (Å²) in [7, 11) is 1.50. The summed E-state index contributed by atoms with van der Waals surface area (Å²) in [5, 5.41) is 19.6. The number of hydrogen-bond acceptors (Lipinski definition) is 7. The second-order valence-corrected chi connectivity index (χ2v) is 11.1. The van der Waals surface area contributed by atoms with Crippen molar-refractivity contribution >= 4 is 64.2 Å². The van der Waals surface area contributed by atoms with E-state index >= 15 is 0 Å². The first-order valence-corrected chi connectivity index (χ1v) is 14.4. The molecule has 0 radical (unpaired) electrons. The third-order valence-corrected chi connectivity index (χ3v) is 7.52. The summed E-state index contributed by atoms with van der Waals surface area (Å²) >= 11 is 7.36. The highest BCUT2D eigenvalue weighted by Crippen LogP contribution is 2.30. The van der Waals surface area contributed by atoms with E-state index in [2.05, 4.69) is 16.0 Å². The van der Waals surface area contributed by atoms with Gasteiger partial charge in [0.15, 0.2) is 0 Å². The maximum atomic E-state index is 13.3. The Morgan fingerprint density at radius 1 is 0.932 bits per heavy atom. The quantitative estimate of drug-likeness (QED) is 0.0718. The Kier molecular flexibility index (Phi) is 10.7. The van der Waals surface area contributed by atoms with E-state index in [-0.39, 0.29) is 22.9 Å². The molecule has 0 aliphatic heterocycles. The number of amides is 3. The summed E-state index contributed by atoms with van der Waals surface area (Å²) in [6.45, 7) is 1.75. The van der Waals surface area contributed by atoms with Gasteiger partial charge in [-0.05, 0) is 73.7 Å². The Balaban J connectivity index is 1.48. The van der Waals surface area contributed by atoms with Crippen LogP contribution in [0.4, 0.5) is 17.1 Å². The van der Waals surface area contributed by atoms with Crippen LogP contribution >= 0.6 is 23.4 Å². The largest absolute Gasteiger partial charge is 0.495 e. The zero-order valence-corrected chi connectivity index (χ0v) is 25.1. The Hall–Kier alpha value is -5.13. The third-order valence-electron chi connectivity index (χ3n) is 6.18. The summed E-state index contributed by atoms with van der Waals surface area (Å²) in [4.78, 5) is 50.8. The molecular formula is C32H27ClN4O6S. The predicted octanol–water partition coefficient (Wildman–Crippen LogP) is 6.79. The van der Waals surface area contributed by atoms with Crippen LogP contribution in [-0.2, 0) is 9.59 Å². The maximum Gasteiger partial charge on any atom is 0.276 e. The molecule has 4 aromatic carbocycles. The lowest BCUT2D eigenvalue weighted by Gasteiger charge is -2.15. The minimum atomic E-state index is -0.684. The molecule has 12 heteroatoms. The minimum absolute atomic E-state index is 0.144. The topological polar surface area (TPSA) is 140 Å². The van der Waals surface area contributed by atoms with Crippen molar-refractivity contribution in [1.82, 2.24) is 5.32 Å². The number of nitrogens with zero attached hydrogens (tertiary/aromatic N) is 1. The molecule has 1 atom stereocenters. The fourth-order valence-electron chi connectivity index (χ4n) is 3.96. The number of benzene rings is 4. The van der Waals surface area contributed by atoms with Crippen LogP contribution in [0.25, 0.3) is 6.08 Å². The Labute approximate surface area is 262 Å². The van der Waals surface area contributed by atoms with Gasteiger partial charge in [0.25, 0.3) is 17.5 Å². The lowest BCUT2D eigenvalue weighted by Crippen LogP contribution is -2.30. The molecule has 4 aromatic rings. The summed E-state index contributed by atoms with van der Waals surface area (Å²) in [6.07, 6.45) is 1.26. The van der Waals surface area contributed by atoms with Crippen LogP contribution in [0.3, 0.4) is 0 Å². The smallest absolute Gasteiger partial charge is 0.276 e. The summed E-state index contributed by atoms with van der Waals surface area (Å²) in [5.41, 5.74) is 0.906. The number of rotatable bonds is 11. The zero-order chi connectivity index (χ0) is 31.6. The van der Waals surface area contributed by atoms with E-state index in [0.717, 1.165) is 4.90 Å². The van der Waals surface area contributed by atoms with Gasteiger partial charge in [-0.3, -0.25) is 24.5 Å². The normalized spacial score (nSPS) is 11.7. The Bertz CT molecular complexity index is 1710. The van der Waals surface area contributed by atoms with Crippen LogP contribution in [0.2, 0.25) is 5.02 Å². The van der Waals surface area contributed by atoms with E-state index in [1.54, 1.807) is 85.8 Å². The average molecular weight is 631 g/mol. The fourth-order valence-corrected chi connectivity index (χ4v) is 5.00. The summed E-state index contributed by atoms with van der Waals surface area (Å²) in [5.74, 6) is -1.02. The molecule has 4 rings (SSSR count). The molecule has 0 heterocycles. The van der Waals surface area contributed by atoms with Crippen LogP contribution < -0.4 is 20.7 Å². The van der Waals surface area contributed by atoms with Crippen LogP contribution in [0.5, 0.6) is 5.75 Å². The molecule has 10 nitrogen and oxygen atoms in total. The lowest BCUT2D eigenvalue weighted by molar-refractivity contribution is -0.385. The van der Waals surface area contributed by atoms with Gasteiger partial charge in [-0.25, -0.2) is 0 Å². The van der Waals surface area contributed by atoms with Crippen LogP contribution in [-0.4, -0.2) is 35.0 Å². The van der Waals surface area contributed by atoms with E-state index in [9.17, 15) is 24.5 Å². The molecule has 0 bridgehead atoms. The first-order valence-electron chi connectivity index (χ1n) is 13.2. The number of nitro groups is 1. The molecule has 0 aromatic heterocycles. The molecule has 0 spiro atoms. The van der Waals surface area contributed by atoms with Gasteiger partial charge >= 0.3 is 0 Å². The average Bonchev–Trinajstić information content (AvgIpc) is 3.02. The molecule has 224 valence electrons. The van der Waals surface area contributed by atoms with Gasteiger partial charge in [0.05, 0.1) is 28.5 Å². The van der Waals surface area contributed by atoms with Gasteiger partial charge in [0, 0.05) is 27.2 Å². The van der Waals surface area contributed by atoms with Crippen molar-refractivity contribution in [2.24, 2.45) is 0 Å². The number of thioether (sulfide) groups is 1. The van der Waals surface area contributed by atoms with Gasteiger partial charge in [-0.2, -0.15) is 0 Å². The number of ether oxygens (including phenoxy) is 1. The number of hydrogen-bond donors (Lipinski definition) is 3. The summed E-state index contributed by atoms with van der Waals surface area (Å²) in [6, 6.07) is 25.9. The Morgan fingerprint density at radius 2 is 1.61 bits per heavy atom. The lowest BCUT2D eigenvalue weighted by atomic mass is 10.1. The van der Waals surface area contributed by atoms with E-state index in [4.69, 9.17) is 16.3 Å². The number of nitrogens with one attached hydrogen (secondary N) is 3. The highest BCUT2D eigenvalue weighted by atomic mass is 35.5. The molecule has 3 N–H and O–H groups in total. The number of methoxy groups -OCH3 is 1. The highest BCUT2D eigenvalue weighted by molar-refractivity contribution is 8.00. The molecule has 0 fully saturated rings. The van der Waals surface area contributed by atoms with Gasteiger partial charge in [0.1, 0.15) is 11.4 Å². The molecule has 0 saturated heterocycles. The number of carbonyl (C=O) groups excluding carboxylic acids is 3. The van der Waals surface area contributed by atoms with Crippen molar-refractivity contribution in [1.29, 1.82) is 0 Å². The van der Waals surface area contributed by atoms with E-state index < -0.39 is 22.0 Å². The second kappa shape index (κ2) is 14.9. The SMILES string of the molecule is COc1ccc(Cl)cc1NC(=O)C(C)Sc1ccc(NC(=O)/C(=C/c2ccccc2[N+](=O)[O-])NC(=O)c2ccccc2)cc1. The van der Waals surface area contributed by atoms with Crippen molar-refractivity contribution in [2.45, 2.75) is 17.1 Å². The van der Waals surface area contributed by atoms with Gasteiger partial charge in [0.2, 0.25) is 5.91 Å². The monoisotopic (exact) mass is 630 g/mol. The van der Waals surface area contributed by atoms with Crippen LogP contribution in [0, 0.1) is 10.1 Å². The molecule has 1 unspecified atom stereocenters. The molecular weight excluding hydrogens is 604 g/mol. The van der Waals surface area contributed by atoms with Crippen LogP contribution in [0.1, 0.15) is 22.8 Å². The molecule has 0 aliphatic rings. The number of para-hydroxylation sites is 1. The molecule has 0 saturated carbocycles. The van der Waals surface area contributed by atoms with Crippen molar-refractivity contribution < 1.29 is 24.0 Å². The number of halogens is 1. The molecule has 44 heavy (non-hydrogen) atoms. The Morgan fingerprint density at radius 3 is 2.30 bits per heavy atom. The number of carbonyl (C=O) groups is 3. The highest BCUT2D eigenvalue weighted by Gasteiger charge is 2.20. The van der Waals surface area contributed by atoms with Gasteiger partial charge in [-0.15, -0.1) is 11.8 Å². The maximum absolute atomic E-state index is 13.3. The van der Waals surface area contributed by atoms with Crippen LogP contribution in [0.15, 0.2) is 108 Å². The number of anilines is 2. The van der Waals surface area contributed by atoms with Crippen molar-refractivity contribution in [2.75, 3.05) is 17.7 Å². The van der Waals surface area contributed by atoms with E-state index in [1.165, 1.54) is 43.1 Å². The molecule has 3 amide bonds. The predicted molar refractivity (Wildman–Crippen MR) is 172 cm³/mol. The van der Waals surface area contributed by atoms with E-state index in [0.29, 0.717) is 27.7 Å². The molecule has 0 aliphatic carbocycles. The van der Waals surface area contributed by atoms with Crippen molar-refractivity contribution in [3.05, 3.63) is 129 Å². The van der Waals surface area contributed by atoms with Crippen molar-refractivity contribution in [3.8, 4) is 5.75 Å². The summed E-state index contributed by atoms with van der Waals surface area (Å²) < 4.78 is 5.28. The van der Waals surface area contributed by atoms with Crippen molar-refractivity contribution in [3.63, 3.8) is 0 Å². The van der Waals surface area contributed by atoms with Gasteiger partial charge in [-0.1, -0.05) is 41.9 Å². The fraction of sp³-hybridized carbons (Fsp3) is 0.0938. The first-order chi connectivity index (χ1) is 21.1. The second-order valence-electron chi connectivity index (χ2n) is 9.27. The number of nitro benzene ring substituents is 1.